The molecule has 0 radical (unpaired) electrons. The molecular weight excluding hydrogens is 166 g/mol. The highest BCUT2D eigenvalue weighted by molar-refractivity contribution is 5.97. The molecule has 0 aromatic rings. The minimum atomic E-state index is -0.245. The monoisotopic (exact) mass is 175 g/mol. The molecule has 1 heterocycles. The van der Waals surface area contributed by atoms with Crippen LogP contribution in [-0.2, 0) is 9.53 Å². The molecule has 0 bridgehead atoms. The Morgan fingerprint density at radius 1 is 1.46 bits per heavy atom. The van der Waals surface area contributed by atoms with E-state index in [2.05, 4.69) is 4.99 Å². The molecule has 0 saturated heterocycles. The Morgan fingerprint density at radius 3 is 3.08 bits per heavy atom. The number of hydrogen-bond donors (Lipinski definition) is 0. The number of carbonyl (C=O) groups is 1. The van der Waals surface area contributed by atoms with Gasteiger partial charge in [0.1, 0.15) is 5.76 Å². The summed E-state index contributed by atoms with van der Waals surface area (Å²) in [4.78, 5) is 15.0. The number of methoxy groups -OCH3 is 1. The van der Waals surface area contributed by atoms with Crippen LogP contribution in [-0.4, -0.2) is 19.2 Å². The van der Waals surface area contributed by atoms with Crippen LogP contribution < -0.4 is 0 Å². The highest BCUT2D eigenvalue weighted by atomic mass is 16.5. The second kappa shape index (κ2) is 3.01. The molecule has 0 fully saturated rings. The highest BCUT2D eigenvalue weighted by Crippen LogP contribution is 2.25. The first kappa shape index (κ1) is 7.98. The summed E-state index contributed by atoms with van der Waals surface area (Å²) < 4.78 is 5.03. The van der Waals surface area contributed by atoms with Crippen LogP contribution in [0.25, 0.3) is 0 Å². The van der Waals surface area contributed by atoms with E-state index < -0.39 is 0 Å². The van der Waals surface area contributed by atoms with Crippen molar-refractivity contribution in [3.63, 3.8) is 0 Å². The maximum atomic E-state index is 11.3. The molecule has 1 amide bonds. The first-order valence-corrected chi connectivity index (χ1v) is 4.03. The molecule has 0 spiro atoms. The lowest BCUT2D eigenvalue weighted by Gasteiger charge is -2.17. The molecule has 3 nitrogen and oxygen atoms in total. The summed E-state index contributed by atoms with van der Waals surface area (Å²) in [6, 6.07) is 0. The summed E-state index contributed by atoms with van der Waals surface area (Å²) in [6.45, 7) is 0. The van der Waals surface area contributed by atoms with E-state index >= 15 is 0 Å². The average molecular weight is 175 g/mol. The first-order chi connectivity index (χ1) is 6.31. The lowest BCUT2D eigenvalue weighted by molar-refractivity contribution is -0.119. The van der Waals surface area contributed by atoms with Crippen molar-refractivity contribution in [1.29, 1.82) is 0 Å². The van der Waals surface area contributed by atoms with Crippen molar-refractivity contribution in [3.05, 3.63) is 35.6 Å². The number of carbonyl (C=O) groups excluding carboxylic acids is 1. The van der Waals surface area contributed by atoms with Gasteiger partial charge in [0, 0.05) is 6.21 Å². The normalized spacial score (nSPS) is 25.0. The van der Waals surface area contributed by atoms with Gasteiger partial charge >= 0.3 is 0 Å². The van der Waals surface area contributed by atoms with E-state index in [1.165, 1.54) is 6.21 Å². The molecule has 1 aliphatic heterocycles. The Balaban J connectivity index is 2.36. The van der Waals surface area contributed by atoms with Crippen molar-refractivity contribution >= 4 is 12.1 Å². The van der Waals surface area contributed by atoms with Gasteiger partial charge in [0.25, 0.3) is 5.91 Å². The number of allylic oxidation sites excluding steroid dienone is 3. The van der Waals surface area contributed by atoms with Gasteiger partial charge in [-0.25, -0.2) is 4.99 Å². The van der Waals surface area contributed by atoms with E-state index in [9.17, 15) is 4.79 Å². The van der Waals surface area contributed by atoms with Crippen LogP contribution in [0.3, 0.4) is 0 Å². The van der Waals surface area contributed by atoms with Gasteiger partial charge < -0.3 is 4.74 Å². The van der Waals surface area contributed by atoms with Gasteiger partial charge in [-0.1, -0.05) is 6.08 Å². The molecule has 0 aromatic carbocycles. The van der Waals surface area contributed by atoms with Crippen LogP contribution in [0, 0.1) is 5.92 Å². The zero-order valence-electron chi connectivity index (χ0n) is 7.23. The third-order valence-corrected chi connectivity index (χ3v) is 2.10. The molecule has 13 heavy (non-hydrogen) atoms. The molecule has 1 unspecified atom stereocenters. The molecule has 1 atom stereocenters. The Kier molecular flexibility index (Phi) is 1.85. The third-order valence-electron chi connectivity index (χ3n) is 2.10. The van der Waals surface area contributed by atoms with Crippen LogP contribution >= 0.6 is 0 Å². The fourth-order valence-corrected chi connectivity index (χ4v) is 1.38. The largest absolute Gasteiger partial charge is 0.497 e. The zero-order valence-corrected chi connectivity index (χ0v) is 7.23. The Morgan fingerprint density at radius 2 is 2.31 bits per heavy atom. The van der Waals surface area contributed by atoms with Gasteiger partial charge in [0.2, 0.25) is 0 Å². The number of nitrogens with zero attached hydrogens (tertiary/aromatic N) is 1. The summed E-state index contributed by atoms with van der Waals surface area (Å²) >= 11 is 0. The Bertz CT molecular complexity index is 361. The number of rotatable bonds is 1. The lowest BCUT2D eigenvalue weighted by atomic mass is 9.91. The highest BCUT2D eigenvalue weighted by Gasteiger charge is 2.23. The lowest BCUT2D eigenvalue weighted by Crippen LogP contribution is -2.17. The van der Waals surface area contributed by atoms with E-state index in [4.69, 9.17) is 4.74 Å². The summed E-state index contributed by atoms with van der Waals surface area (Å²) in [6.07, 6.45) is 8.88. The van der Waals surface area contributed by atoms with Crippen molar-refractivity contribution in [2.45, 2.75) is 0 Å². The van der Waals surface area contributed by atoms with Crippen LogP contribution in [0.1, 0.15) is 0 Å². The molecule has 3 heteroatoms. The van der Waals surface area contributed by atoms with Crippen LogP contribution in [0.4, 0.5) is 0 Å². The molecule has 0 aromatic heterocycles. The minimum absolute atomic E-state index is 0.128. The van der Waals surface area contributed by atoms with Crippen molar-refractivity contribution in [2.24, 2.45) is 10.9 Å². The predicted octanol–water partition coefficient (Wildman–Crippen LogP) is 1.24. The molecular formula is C10H9NO2. The maximum Gasteiger partial charge on any atom is 0.257 e. The number of fused-ring (bicyclic) bond motifs is 1. The minimum Gasteiger partial charge on any atom is -0.497 e. The van der Waals surface area contributed by atoms with E-state index in [0.29, 0.717) is 5.76 Å². The van der Waals surface area contributed by atoms with Gasteiger partial charge in [-0.2, -0.15) is 0 Å². The fraction of sp³-hybridized carbons (Fsp3) is 0.200. The van der Waals surface area contributed by atoms with Gasteiger partial charge in [0.15, 0.2) is 0 Å². The summed E-state index contributed by atoms with van der Waals surface area (Å²) in [7, 11) is 1.58. The number of hydrogen-bond acceptors (Lipinski definition) is 2. The zero-order chi connectivity index (χ0) is 9.26. The fourth-order valence-electron chi connectivity index (χ4n) is 1.38. The molecule has 0 N–H and O–H groups in total. The second-order valence-corrected chi connectivity index (χ2v) is 2.87. The van der Waals surface area contributed by atoms with Crippen molar-refractivity contribution in [3.8, 4) is 0 Å². The quantitative estimate of drug-likeness (QED) is 0.601. The Hall–Kier alpha value is -1.64. The number of ether oxygens (including phenoxy) is 1. The van der Waals surface area contributed by atoms with Crippen LogP contribution in [0.15, 0.2) is 40.6 Å². The smallest absolute Gasteiger partial charge is 0.257 e. The van der Waals surface area contributed by atoms with Gasteiger partial charge in [0.05, 0.1) is 13.0 Å². The van der Waals surface area contributed by atoms with Crippen LogP contribution in [0.2, 0.25) is 0 Å². The summed E-state index contributed by atoms with van der Waals surface area (Å²) in [5, 5.41) is 0. The van der Waals surface area contributed by atoms with Gasteiger partial charge in [-0.05, 0) is 23.8 Å². The molecule has 2 aliphatic rings. The molecule has 1 aliphatic carbocycles. The molecule has 2 rings (SSSR count). The van der Waals surface area contributed by atoms with Crippen molar-refractivity contribution in [1.82, 2.24) is 0 Å². The Labute approximate surface area is 76.1 Å². The predicted molar refractivity (Wildman–Crippen MR) is 49.3 cm³/mol. The second-order valence-electron chi connectivity index (χ2n) is 2.87. The topological polar surface area (TPSA) is 38.7 Å². The van der Waals surface area contributed by atoms with Gasteiger partial charge in [-0.3, -0.25) is 4.79 Å². The van der Waals surface area contributed by atoms with Gasteiger partial charge in [-0.15, -0.1) is 0 Å². The molecule has 66 valence electrons. The van der Waals surface area contributed by atoms with E-state index in [-0.39, 0.29) is 11.8 Å². The average Bonchev–Trinajstić information content (AvgIpc) is 2.18. The van der Waals surface area contributed by atoms with E-state index in [1.807, 2.05) is 18.2 Å². The summed E-state index contributed by atoms with van der Waals surface area (Å²) in [5.41, 5.74) is 0.973. The third kappa shape index (κ3) is 1.33. The first-order valence-electron chi connectivity index (χ1n) is 4.03. The number of dihydropyridines is 1. The van der Waals surface area contributed by atoms with E-state index in [0.717, 1.165) is 5.57 Å². The molecule has 0 saturated carbocycles. The summed E-state index contributed by atoms with van der Waals surface area (Å²) in [5.74, 6) is 0.342. The van der Waals surface area contributed by atoms with E-state index in [1.54, 1.807) is 13.2 Å². The van der Waals surface area contributed by atoms with Crippen molar-refractivity contribution < 1.29 is 9.53 Å². The van der Waals surface area contributed by atoms with Crippen molar-refractivity contribution in [2.75, 3.05) is 7.11 Å². The standard InChI is InChI=1S/C10H9NO2/c1-13-8-3-2-7-4-5-11-10(12)9(7)6-8/h2-6,9H,1H3. The SMILES string of the molecule is COC1=CC2C(=O)N=CC=C2C=C1. The number of amides is 1. The van der Waals surface area contributed by atoms with Crippen LogP contribution in [0.5, 0.6) is 0 Å². The number of aliphatic imine (C=N–C) groups is 1. The maximum absolute atomic E-state index is 11.3.